The summed E-state index contributed by atoms with van der Waals surface area (Å²) in [6, 6.07) is 20.8. The van der Waals surface area contributed by atoms with E-state index in [4.69, 9.17) is 16.4 Å². The molecule has 29 heavy (non-hydrogen) atoms. The molecule has 0 aliphatic heterocycles. The summed E-state index contributed by atoms with van der Waals surface area (Å²) in [5, 5.41) is 7.61. The zero-order valence-corrected chi connectivity index (χ0v) is 17.5. The molecule has 3 aromatic carbocycles. The highest BCUT2D eigenvalue weighted by Crippen LogP contribution is 2.37. The van der Waals surface area contributed by atoms with E-state index in [-0.39, 0.29) is 0 Å². The minimum absolute atomic E-state index is 0.747. The van der Waals surface area contributed by atoms with Crippen molar-refractivity contribution in [3.8, 4) is 0 Å². The van der Waals surface area contributed by atoms with Crippen LogP contribution in [-0.2, 0) is 4.84 Å². The van der Waals surface area contributed by atoms with Gasteiger partial charge in [0.1, 0.15) is 7.11 Å². The van der Waals surface area contributed by atoms with Crippen LogP contribution < -0.4 is 0 Å². The van der Waals surface area contributed by atoms with Crippen molar-refractivity contribution >= 4 is 45.8 Å². The summed E-state index contributed by atoms with van der Waals surface area (Å²) < 4.78 is 0. The number of hydrogen-bond donors (Lipinski definition) is 0. The molecule has 0 saturated heterocycles. The lowest BCUT2D eigenvalue weighted by Crippen LogP contribution is -2.12. The first-order valence-corrected chi connectivity index (χ1v) is 10.3. The zero-order chi connectivity index (χ0) is 20.2. The van der Waals surface area contributed by atoms with E-state index in [0.29, 0.717) is 0 Å². The topological polar surface area (TPSA) is 21.6 Å². The van der Waals surface area contributed by atoms with Crippen molar-refractivity contribution < 1.29 is 4.84 Å². The molecule has 0 radical (unpaired) electrons. The first-order chi connectivity index (χ1) is 14.2. The Morgan fingerprint density at radius 3 is 2.52 bits per heavy atom. The summed E-state index contributed by atoms with van der Waals surface area (Å²) in [7, 11) is 1.62. The van der Waals surface area contributed by atoms with Crippen molar-refractivity contribution in [2.45, 2.75) is 26.2 Å². The van der Waals surface area contributed by atoms with E-state index in [2.05, 4.69) is 60.6 Å². The van der Waals surface area contributed by atoms with Gasteiger partial charge in [0.15, 0.2) is 0 Å². The van der Waals surface area contributed by atoms with Crippen molar-refractivity contribution in [2.75, 3.05) is 7.11 Å². The second kappa shape index (κ2) is 8.67. The number of benzene rings is 3. The van der Waals surface area contributed by atoms with Crippen LogP contribution in [0.15, 0.2) is 71.4 Å². The molecule has 0 fully saturated rings. The van der Waals surface area contributed by atoms with E-state index in [1.54, 1.807) is 7.11 Å². The molecule has 0 N–H and O–H groups in total. The van der Waals surface area contributed by atoms with E-state index < -0.39 is 0 Å². The molecule has 2 nitrogen and oxygen atoms in total. The van der Waals surface area contributed by atoms with Gasteiger partial charge in [0.25, 0.3) is 0 Å². The smallest absolute Gasteiger partial charge is 0.106 e. The fourth-order valence-electron chi connectivity index (χ4n) is 4.04. The molecule has 0 saturated carbocycles. The zero-order valence-electron chi connectivity index (χ0n) is 16.8. The van der Waals surface area contributed by atoms with Gasteiger partial charge in [-0.3, -0.25) is 0 Å². The van der Waals surface area contributed by atoms with Crippen LogP contribution in [0.1, 0.15) is 42.9 Å². The maximum atomic E-state index is 6.03. The number of oxime groups is 1. The Kier molecular flexibility index (Phi) is 5.82. The molecule has 0 aromatic heterocycles. The Labute approximate surface area is 177 Å². The van der Waals surface area contributed by atoms with E-state index in [0.717, 1.165) is 35.6 Å². The van der Waals surface area contributed by atoms with E-state index in [1.807, 2.05) is 24.3 Å². The van der Waals surface area contributed by atoms with Crippen molar-refractivity contribution in [3.05, 3.63) is 87.9 Å². The Balaban J connectivity index is 1.92. The lowest BCUT2D eigenvalue weighted by atomic mass is 9.82. The summed E-state index contributed by atoms with van der Waals surface area (Å²) in [6.45, 7) is 2.22. The van der Waals surface area contributed by atoms with Crippen molar-refractivity contribution in [2.24, 2.45) is 5.16 Å². The van der Waals surface area contributed by atoms with Gasteiger partial charge in [-0.25, -0.2) is 0 Å². The van der Waals surface area contributed by atoms with Crippen molar-refractivity contribution in [1.82, 2.24) is 0 Å². The van der Waals surface area contributed by atoms with Gasteiger partial charge in [0, 0.05) is 10.6 Å². The quantitative estimate of drug-likeness (QED) is 0.325. The Bertz CT molecular complexity index is 1120. The third-order valence-electron chi connectivity index (χ3n) is 5.42. The summed E-state index contributed by atoms with van der Waals surface area (Å²) in [5.74, 6) is 0. The molecule has 0 amide bonds. The molecule has 0 heterocycles. The molecule has 146 valence electrons. The SMILES string of the molecule is CO/N=C1\CCCC(C)=C1c1c(/C=C/c2ccc(Cl)cc2)ccc2ccccc12. The highest BCUT2D eigenvalue weighted by Gasteiger charge is 2.22. The van der Waals surface area contributed by atoms with E-state index in [1.165, 1.54) is 33.0 Å². The number of rotatable bonds is 4. The number of allylic oxidation sites excluding steroid dienone is 2. The summed E-state index contributed by atoms with van der Waals surface area (Å²) >= 11 is 6.03. The molecular weight excluding hydrogens is 378 g/mol. The minimum Gasteiger partial charge on any atom is -0.399 e. The van der Waals surface area contributed by atoms with Gasteiger partial charge in [0.05, 0.1) is 5.71 Å². The number of nitrogens with zero attached hydrogens (tertiary/aromatic N) is 1. The highest BCUT2D eigenvalue weighted by molar-refractivity contribution is 6.30. The molecule has 0 spiro atoms. The lowest BCUT2D eigenvalue weighted by molar-refractivity contribution is 0.213. The van der Waals surface area contributed by atoms with Crippen LogP contribution in [0.25, 0.3) is 28.5 Å². The summed E-state index contributed by atoms with van der Waals surface area (Å²) in [6.07, 6.45) is 7.45. The van der Waals surface area contributed by atoms with Gasteiger partial charge in [-0.15, -0.1) is 0 Å². The monoisotopic (exact) mass is 401 g/mol. The standard InChI is InChI=1S/C26H24ClNO/c1-18-6-5-9-24(28-29-2)25(18)26-21(13-10-19-11-16-22(27)17-12-19)15-14-20-7-3-4-8-23(20)26/h3-4,7-8,10-17H,5-6,9H2,1-2H3/b13-10+,28-24+. The lowest BCUT2D eigenvalue weighted by Gasteiger charge is -2.23. The third-order valence-corrected chi connectivity index (χ3v) is 5.67. The van der Waals surface area contributed by atoms with Crippen LogP contribution in [0.2, 0.25) is 5.02 Å². The molecule has 4 rings (SSSR count). The maximum Gasteiger partial charge on any atom is 0.106 e. The highest BCUT2D eigenvalue weighted by atomic mass is 35.5. The molecule has 3 aromatic rings. The average molecular weight is 402 g/mol. The van der Waals surface area contributed by atoms with Gasteiger partial charge in [-0.05, 0) is 65.8 Å². The van der Waals surface area contributed by atoms with E-state index in [9.17, 15) is 0 Å². The van der Waals surface area contributed by atoms with Gasteiger partial charge >= 0.3 is 0 Å². The van der Waals surface area contributed by atoms with Crippen LogP contribution >= 0.6 is 11.6 Å². The van der Waals surface area contributed by atoms with Crippen molar-refractivity contribution in [1.29, 1.82) is 0 Å². The number of hydrogen-bond acceptors (Lipinski definition) is 2. The van der Waals surface area contributed by atoms with Crippen LogP contribution in [0.4, 0.5) is 0 Å². The predicted octanol–water partition coefficient (Wildman–Crippen LogP) is 7.62. The van der Waals surface area contributed by atoms with Gasteiger partial charge in [-0.2, -0.15) is 0 Å². The second-order valence-corrected chi connectivity index (χ2v) is 7.80. The largest absolute Gasteiger partial charge is 0.399 e. The van der Waals surface area contributed by atoms with Gasteiger partial charge < -0.3 is 4.84 Å². The van der Waals surface area contributed by atoms with Crippen LogP contribution in [0.5, 0.6) is 0 Å². The van der Waals surface area contributed by atoms with Crippen LogP contribution in [0, 0.1) is 0 Å². The fraction of sp³-hybridized carbons (Fsp3) is 0.192. The molecular formula is C26H24ClNO. The average Bonchev–Trinajstić information content (AvgIpc) is 2.74. The van der Waals surface area contributed by atoms with Gasteiger partial charge in [0.2, 0.25) is 0 Å². The Morgan fingerprint density at radius 1 is 0.931 bits per heavy atom. The molecule has 1 aliphatic rings. The molecule has 1 aliphatic carbocycles. The van der Waals surface area contributed by atoms with Crippen molar-refractivity contribution in [3.63, 3.8) is 0 Å². The Hall–Kier alpha value is -2.84. The fourth-order valence-corrected chi connectivity index (χ4v) is 4.17. The molecule has 0 bridgehead atoms. The first kappa shape index (κ1) is 19.5. The summed E-state index contributed by atoms with van der Waals surface area (Å²) in [4.78, 5) is 5.20. The van der Waals surface area contributed by atoms with E-state index >= 15 is 0 Å². The predicted molar refractivity (Wildman–Crippen MR) is 125 cm³/mol. The summed E-state index contributed by atoms with van der Waals surface area (Å²) in [5.41, 5.74) is 7.16. The number of fused-ring (bicyclic) bond motifs is 1. The Morgan fingerprint density at radius 2 is 1.72 bits per heavy atom. The maximum absolute atomic E-state index is 6.03. The molecule has 0 atom stereocenters. The van der Waals surface area contributed by atoms with Gasteiger partial charge in [-0.1, -0.05) is 83.0 Å². The molecule has 0 unspecified atom stereocenters. The minimum atomic E-state index is 0.747. The van der Waals surface area contributed by atoms with Crippen LogP contribution in [0.3, 0.4) is 0 Å². The molecule has 3 heteroatoms. The second-order valence-electron chi connectivity index (χ2n) is 7.37. The number of halogens is 1. The normalized spacial score (nSPS) is 16.2. The van der Waals surface area contributed by atoms with Crippen LogP contribution in [-0.4, -0.2) is 12.8 Å². The first-order valence-electron chi connectivity index (χ1n) is 9.93. The third kappa shape index (κ3) is 4.13.